The second-order valence-corrected chi connectivity index (χ2v) is 26.1. The van der Waals surface area contributed by atoms with Crippen molar-refractivity contribution in [2.24, 2.45) is 11.3 Å². The van der Waals surface area contributed by atoms with Gasteiger partial charge in [-0.2, -0.15) is 11.8 Å². The van der Waals surface area contributed by atoms with Crippen molar-refractivity contribution in [3.8, 4) is 11.1 Å². The molecule has 2 aromatic carbocycles. The minimum atomic E-state index is -1.20. The van der Waals surface area contributed by atoms with Crippen molar-refractivity contribution < 1.29 is 67.6 Å². The maximum absolute atomic E-state index is 15.5. The molecule has 0 aliphatic carbocycles. The van der Waals surface area contributed by atoms with Gasteiger partial charge in [-0.25, -0.2) is 13.6 Å². The van der Waals surface area contributed by atoms with E-state index in [2.05, 4.69) is 21.3 Å². The van der Waals surface area contributed by atoms with E-state index in [-0.39, 0.29) is 111 Å². The summed E-state index contributed by atoms with van der Waals surface area (Å²) in [5.74, 6) is -6.85. The molecule has 1 aromatic heterocycles. The van der Waals surface area contributed by atoms with E-state index in [9.17, 15) is 52.3 Å². The Hall–Kier alpha value is -7.43. The van der Waals surface area contributed by atoms with Crippen LogP contribution in [0.25, 0.3) is 11.1 Å². The van der Waals surface area contributed by atoms with Gasteiger partial charge in [-0.3, -0.25) is 48.1 Å². The van der Waals surface area contributed by atoms with E-state index in [4.69, 9.17) is 10.9 Å². The predicted octanol–water partition coefficient (Wildman–Crippen LogP) is 7.61. The number of ether oxygens (including phenoxy) is 2. The van der Waals surface area contributed by atoms with E-state index in [0.717, 1.165) is 40.4 Å². The number of carbonyl (C=O) groups excluding carboxylic acids is 10. The average Bonchev–Trinajstić information content (AvgIpc) is 2.88. The number of carbonyl (C=O) groups is 10. The van der Waals surface area contributed by atoms with Gasteiger partial charge in [-0.15, -0.1) is 0 Å². The Kier molecular flexibility index (Phi) is 27.2. The van der Waals surface area contributed by atoms with Crippen molar-refractivity contribution in [3.63, 3.8) is 0 Å². The molecule has 3 aromatic rings. The van der Waals surface area contributed by atoms with Crippen molar-refractivity contribution >= 4 is 71.0 Å². The van der Waals surface area contributed by atoms with Gasteiger partial charge < -0.3 is 45.5 Å². The first-order valence-electron chi connectivity index (χ1n) is 30.1. The smallest absolute Gasteiger partial charge is 0.329 e. The summed E-state index contributed by atoms with van der Waals surface area (Å²) >= 11 is 1.15. The van der Waals surface area contributed by atoms with E-state index in [1.807, 2.05) is 55.7 Å². The molecule has 23 heteroatoms. The van der Waals surface area contributed by atoms with E-state index >= 15 is 4.39 Å². The van der Waals surface area contributed by atoms with Crippen molar-refractivity contribution in [1.29, 1.82) is 0 Å². The van der Waals surface area contributed by atoms with Crippen LogP contribution in [0, 0.1) is 23.0 Å². The number of benzene rings is 2. The molecule has 1 aliphatic heterocycles. The minimum Gasteiger partial charge on any atom is -0.460 e. The van der Waals surface area contributed by atoms with E-state index < -0.39 is 88.0 Å². The molecule has 87 heavy (non-hydrogen) atoms. The van der Waals surface area contributed by atoms with Crippen LogP contribution in [0.2, 0.25) is 1.41 Å². The third kappa shape index (κ3) is 25.1. The van der Waals surface area contributed by atoms with Crippen LogP contribution in [-0.2, 0) is 64.0 Å². The third-order valence-electron chi connectivity index (χ3n) is 13.6. The first kappa shape index (κ1) is 70.3. The van der Waals surface area contributed by atoms with Crippen LogP contribution in [0.3, 0.4) is 0 Å². The standard InChI is InChI=1S/C64H90F2N8O12S/c1-41(2)57(71-51(76)22-17-14-18-33-73-53(78)26-27-54(73)79)60(83)69-42(3)59(82)68-31-19-34-74(58(62(4,5)6)49-36-44(46-37-45(65)23-24-47(46)66)39-72(49)38-43-20-15-13-16-21-43)55(80)40-87-35-30-50(75)67-32-29-52(77)70-48(61(84)86-64(10,11)12)25-28-56(81)85-63(7,8)9/h13,15-16,20-21,23-24,26-27,36-37,39,41-42,48,57-58H,14,17-19,22,25,28-35,38,40H2,1-12H3,(H,67,75)(H,68,82)(H,69,83)(H,70,77)(H,71,76)/t42-,48-,57-,58-/m0/s1/i/hD. The van der Waals surface area contributed by atoms with Gasteiger partial charge in [0.15, 0.2) is 1.41 Å². The zero-order chi connectivity index (χ0) is 65.7. The number of rotatable bonds is 33. The van der Waals surface area contributed by atoms with Gasteiger partial charge in [0.1, 0.15) is 41.0 Å². The molecule has 20 nitrogen and oxygen atoms in total. The first-order chi connectivity index (χ1) is 41.1. The molecule has 1 aliphatic rings. The number of aromatic nitrogens is 1. The fraction of sp³-hybridized carbons (Fsp3) is 0.562. The second kappa shape index (κ2) is 33.6. The molecule has 0 spiro atoms. The molecule has 8 amide bonds. The molecule has 0 unspecified atom stereocenters. The van der Waals surface area contributed by atoms with Crippen LogP contribution in [-0.4, -0.2) is 141 Å². The summed E-state index contributed by atoms with van der Waals surface area (Å²) in [6.45, 7) is 21.3. The number of nitrogens with zero attached hydrogens (tertiary/aromatic N) is 3. The normalized spacial score (nSPS) is 14.1. The van der Waals surface area contributed by atoms with E-state index in [1.165, 1.54) is 19.1 Å². The van der Waals surface area contributed by atoms with Gasteiger partial charge in [-0.05, 0) is 115 Å². The lowest BCUT2D eigenvalue weighted by atomic mass is 9.83. The summed E-state index contributed by atoms with van der Waals surface area (Å²) in [6.07, 6.45) is 5.18. The van der Waals surface area contributed by atoms with Crippen molar-refractivity contribution in [2.75, 3.05) is 37.7 Å². The first-order valence-corrected chi connectivity index (χ1v) is 30.8. The maximum atomic E-state index is 15.5. The topological polar surface area (TPSA) is 261 Å². The molecule has 2 heterocycles. The summed E-state index contributed by atoms with van der Waals surface area (Å²) in [6, 6.07) is 10.5. The highest BCUT2D eigenvalue weighted by molar-refractivity contribution is 7.99. The highest BCUT2D eigenvalue weighted by atomic mass is 32.2. The Morgan fingerprint density at radius 2 is 1.37 bits per heavy atom. The summed E-state index contributed by atoms with van der Waals surface area (Å²) < 4.78 is 51.4. The van der Waals surface area contributed by atoms with Crippen LogP contribution >= 0.6 is 11.8 Å². The number of hydrogen-bond acceptors (Lipinski definition) is 13. The summed E-state index contributed by atoms with van der Waals surface area (Å²) in [5, 5.41) is 11.5. The fourth-order valence-corrected chi connectivity index (χ4v) is 10.3. The second-order valence-electron chi connectivity index (χ2n) is 25.0. The number of imide groups is 1. The highest BCUT2D eigenvalue weighted by Gasteiger charge is 2.38. The number of hydrogen-bond donors (Lipinski definition) is 5. The Labute approximate surface area is 516 Å². The molecule has 4 atom stereocenters. The lowest BCUT2D eigenvalue weighted by Crippen LogP contribution is -2.54. The molecule has 4 rings (SSSR count). The molecule has 478 valence electrons. The number of unbranched alkanes of at least 4 members (excludes halogenated alkanes) is 2. The number of thioether (sulfide) groups is 1. The van der Waals surface area contributed by atoms with Crippen molar-refractivity contribution in [2.45, 2.75) is 183 Å². The molecule has 0 fully saturated rings. The molecular weight excluding hydrogens is 1140 g/mol. The van der Waals surface area contributed by atoms with Gasteiger partial charge >= 0.3 is 11.9 Å². The van der Waals surface area contributed by atoms with Crippen molar-refractivity contribution in [1.82, 2.24) is 40.9 Å². The summed E-state index contributed by atoms with van der Waals surface area (Å²) in [7, 11) is 0. The number of esters is 2. The Balaban J connectivity index is 1.46. The minimum absolute atomic E-state index is 0.0204. The van der Waals surface area contributed by atoms with E-state index in [1.54, 1.807) is 72.6 Å². The van der Waals surface area contributed by atoms with Crippen LogP contribution < -0.4 is 26.6 Å². The quantitative estimate of drug-likeness (QED) is 0.0224. The molecule has 0 saturated carbocycles. The van der Waals surface area contributed by atoms with Crippen molar-refractivity contribution in [3.05, 3.63) is 95.8 Å². The number of nitrogens with one attached hydrogen (secondary N) is 5. The molecule has 0 radical (unpaired) electrons. The number of halogens is 2. The van der Waals surface area contributed by atoms with Crippen LogP contribution in [0.1, 0.15) is 158 Å². The van der Waals surface area contributed by atoms with Crippen LogP contribution in [0.4, 0.5) is 8.78 Å². The van der Waals surface area contributed by atoms with Crippen LogP contribution in [0.15, 0.2) is 72.9 Å². The van der Waals surface area contributed by atoms with Gasteiger partial charge in [0.25, 0.3) is 11.8 Å². The monoisotopic (exact) mass is 1230 g/mol. The lowest BCUT2D eigenvalue weighted by molar-refractivity contribution is -0.160. The Morgan fingerprint density at radius 3 is 2.00 bits per heavy atom. The van der Waals surface area contributed by atoms with Gasteiger partial charge in [-0.1, -0.05) is 71.4 Å². The van der Waals surface area contributed by atoms with Gasteiger partial charge in [0, 0.05) is 99.3 Å². The van der Waals surface area contributed by atoms with Crippen LogP contribution in [0.5, 0.6) is 0 Å². The summed E-state index contributed by atoms with van der Waals surface area (Å²) in [4.78, 5) is 133. The highest BCUT2D eigenvalue weighted by Crippen LogP contribution is 2.41. The largest absolute Gasteiger partial charge is 0.460 e. The summed E-state index contributed by atoms with van der Waals surface area (Å²) in [5.41, 5.74) is -0.484. The zero-order valence-electron chi connectivity index (χ0n) is 53.5. The molecular formula is C64H90F2N8O12S. The molecule has 0 saturated heterocycles. The Morgan fingerprint density at radius 1 is 0.713 bits per heavy atom. The average molecular weight is 1230 g/mol. The van der Waals surface area contributed by atoms with Gasteiger partial charge in [0.2, 0.25) is 35.4 Å². The number of amides is 8. The SMILES string of the molecule is [2H]N(CCC(=O)N[C@@H](CCC(=O)OC(C)(C)C)C(=O)OC(C)(C)C)C(=O)CCSCC(=O)N(CCCNC(=O)[C@H](C)NC(=O)[C@@H](NC(=O)CCCCCN1C(=O)C=CC1=O)C(C)C)[C@@H](c1cc(-c2cc(F)ccc2F)cn1Cc1ccccc1)C(C)(C)C. The van der Waals surface area contributed by atoms with E-state index in [0.29, 0.717) is 42.4 Å². The lowest BCUT2D eigenvalue weighted by Gasteiger charge is -2.41. The zero-order valence-corrected chi connectivity index (χ0v) is 53.3. The van der Waals surface area contributed by atoms with Gasteiger partial charge in [0.05, 0.1) is 11.8 Å². The maximum Gasteiger partial charge on any atom is 0.329 e. The molecule has 5 N–H and O–H groups in total. The third-order valence-corrected chi connectivity index (χ3v) is 14.5. The fourth-order valence-electron chi connectivity index (χ4n) is 9.46. The molecule has 0 bridgehead atoms. The predicted molar refractivity (Wildman–Crippen MR) is 328 cm³/mol. The Bertz CT molecular complexity index is 2940.